The SMILES string of the molecule is Cc1sc2c(c1C)C(c1ccc(Cl)cc1)=N[C@@H](CC(=O)NCCOCCOCCOCC(=O)NCCCC(=O)NC1=NN(c3ccc(Cl)c(Cl)c3)CC1C)c1nnc(C)n1-2. The summed E-state index contributed by atoms with van der Waals surface area (Å²) >= 11 is 20.0. The molecule has 15 nitrogen and oxygen atoms in total. The lowest BCUT2D eigenvalue weighted by Gasteiger charge is -2.14. The van der Waals surface area contributed by atoms with Gasteiger partial charge in [0, 0.05) is 46.5 Å². The Bertz CT molecular complexity index is 2230. The zero-order chi connectivity index (χ0) is 42.8. The summed E-state index contributed by atoms with van der Waals surface area (Å²) < 4.78 is 18.6. The van der Waals surface area contributed by atoms with Gasteiger partial charge in [0.05, 0.1) is 67.4 Å². The molecule has 0 fully saturated rings. The van der Waals surface area contributed by atoms with Crippen molar-refractivity contribution >= 4 is 81.1 Å². The molecule has 1 unspecified atom stereocenters. The number of amidine groups is 1. The number of halogens is 3. The van der Waals surface area contributed by atoms with E-state index in [1.807, 2.05) is 48.7 Å². The van der Waals surface area contributed by atoms with E-state index in [-0.39, 0.29) is 56.3 Å². The van der Waals surface area contributed by atoms with E-state index >= 15 is 0 Å². The topological polar surface area (TPSA) is 174 Å². The van der Waals surface area contributed by atoms with Gasteiger partial charge in [-0.15, -0.1) is 21.5 Å². The third-order valence-electron chi connectivity index (χ3n) is 9.80. The number of hydrogen-bond acceptors (Lipinski definition) is 12. The third kappa shape index (κ3) is 11.7. The molecule has 3 N–H and O–H groups in total. The zero-order valence-corrected chi connectivity index (χ0v) is 36.9. The standard InChI is InChI=1S/C41H48Cl3N9O6S/c1-24-22-52(30-11-12-31(43)32(44)20-30)51-39(24)48-34(54)6-5-13-45-36(56)23-59-19-18-58-17-16-57-15-14-46-35(55)21-33-40-50-49-27(4)53(40)41-37(25(2)26(3)60-41)38(47-33)28-7-9-29(42)10-8-28/h7-12,20,24,33H,5-6,13-19,21-23H2,1-4H3,(H,45,56)(H,46,55)(H,48,51,54)/t24?,33-/m0/s1. The van der Waals surface area contributed by atoms with Crippen LogP contribution in [0.3, 0.4) is 0 Å². The number of nitrogens with zero attached hydrogens (tertiary/aromatic N) is 6. The van der Waals surface area contributed by atoms with Crippen LogP contribution >= 0.6 is 46.1 Å². The second-order valence-electron chi connectivity index (χ2n) is 14.3. The van der Waals surface area contributed by atoms with E-state index in [2.05, 4.69) is 45.1 Å². The lowest BCUT2D eigenvalue weighted by molar-refractivity contribution is -0.126. The van der Waals surface area contributed by atoms with Crippen molar-refractivity contribution in [2.45, 2.75) is 53.0 Å². The van der Waals surface area contributed by atoms with E-state index in [1.54, 1.807) is 28.5 Å². The Labute approximate surface area is 367 Å². The molecule has 2 aliphatic heterocycles. The van der Waals surface area contributed by atoms with Crippen LogP contribution < -0.4 is 21.0 Å². The number of amides is 3. The van der Waals surface area contributed by atoms with E-state index in [9.17, 15) is 14.4 Å². The highest BCUT2D eigenvalue weighted by atomic mass is 35.5. The fraction of sp³-hybridized carbons (Fsp3) is 0.439. The molecule has 2 aromatic heterocycles. The van der Waals surface area contributed by atoms with E-state index in [0.717, 1.165) is 38.9 Å². The van der Waals surface area contributed by atoms with Crippen molar-refractivity contribution in [3.8, 4) is 5.00 Å². The van der Waals surface area contributed by atoms with Gasteiger partial charge in [0.15, 0.2) is 5.82 Å². The number of hydrogen-bond donors (Lipinski definition) is 3. The number of thiophene rings is 1. The normalized spacial score (nSPS) is 15.8. The Morgan fingerprint density at radius 3 is 2.32 bits per heavy atom. The van der Waals surface area contributed by atoms with Gasteiger partial charge in [-0.2, -0.15) is 5.10 Å². The first-order valence-electron chi connectivity index (χ1n) is 19.6. The van der Waals surface area contributed by atoms with Gasteiger partial charge in [-0.3, -0.25) is 29.0 Å². The predicted octanol–water partition coefficient (Wildman–Crippen LogP) is 6.14. The van der Waals surface area contributed by atoms with E-state index in [1.165, 1.54) is 4.88 Å². The van der Waals surface area contributed by atoms with Crippen LogP contribution in [0.2, 0.25) is 15.1 Å². The quantitative estimate of drug-likeness (QED) is 0.0935. The first-order valence-corrected chi connectivity index (χ1v) is 21.6. The largest absolute Gasteiger partial charge is 0.377 e. The van der Waals surface area contributed by atoms with Crippen LogP contribution in [-0.2, 0) is 28.6 Å². The number of fused-ring (bicyclic) bond motifs is 3. The molecule has 2 aromatic carbocycles. The third-order valence-corrected chi connectivity index (χ3v) is 12.0. The second kappa shape index (κ2) is 21.4. The summed E-state index contributed by atoms with van der Waals surface area (Å²) in [5.74, 6) is 1.30. The van der Waals surface area contributed by atoms with Gasteiger partial charge in [0.25, 0.3) is 0 Å². The van der Waals surface area contributed by atoms with Crippen LogP contribution in [0.25, 0.3) is 5.00 Å². The summed E-state index contributed by atoms with van der Waals surface area (Å²) in [6.07, 6.45) is 0.771. The number of aromatic nitrogens is 3. The van der Waals surface area contributed by atoms with E-state index < -0.39 is 6.04 Å². The van der Waals surface area contributed by atoms with Gasteiger partial charge in [-0.25, -0.2) is 0 Å². The van der Waals surface area contributed by atoms with Gasteiger partial charge in [0.1, 0.15) is 29.3 Å². The Morgan fingerprint density at radius 1 is 0.850 bits per heavy atom. The minimum Gasteiger partial charge on any atom is -0.377 e. The van der Waals surface area contributed by atoms with Crippen molar-refractivity contribution in [2.24, 2.45) is 16.0 Å². The number of carbonyl (C=O) groups excluding carboxylic acids is 3. The number of ether oxygens (including phenoxy) is 3. The lowest BCUT2D eigenvalue weighted by atomic mass is 9.99. The molecule has 2 aliphatic rings. The molecule has 6 rings (SSSR count). The molecular formula is C41H48Cl3N9O6S. The molecule has 0 saturated carbocycles. The van der Waals surface area contributed by atoms with Crippen LogP contribution in [-0.4, -0.2) is 103 Å². The molecule has 0 saturated heterocycles. The van der Waals surface area contributed by atoms with Crippen molar-refractivity contribution in [3.63, 3.8) is 0 Å². The second-order valence-corrected chi connectivity index (χ2v) is 16.8. The van der Waals surface area contributed by atoms with Crippen LogP contribution in [0.1, 0.15) is 65.4 Å². The minimum absolute atomic E-state index is 0.0211. The number of nitrogens with one attached hydrogen (secondary N) is 3. The van der Waals surface area contributed by atoms with Crippen molar-refractivity contribution in [1.82, 2.24) is 30.7 Å². The maximum atomic E-state index is 13.2. The first-order chi connectivity index (χ1) is 28.9. The highest BCUT2D eigenvalue weighted by Crippen LogP contribution is 2.39. The first kappa shape index (κ1) is 45.1. The van der Waals surface area contributed by atoms with E-state index in [0.29, 0.717) is 72.6 Å². The fourth-order valence-corrected chi connectivity index (χ4v) is 8.19. The molecule has 3 amide bonds. The van der Waals surface area contributed by atoms with Crippen LogP contribution in [0.4, 0.5) is 5.69 Å². The predicted molar refractivity (Wildman–Crippen MR) is 234 cm³/mol. The number of anilines is 1. The zero-order valence-electron chi connectivity index (χ0n) is 33.9. The highest BCUT2D eigenvalue weighted by Gasteiger charge is 2.32. The average Bonchev–Trinajstić information content (AvgIpc) is 3.85. The van der Waals surface area contributed by atoms with E-state index in [4.69, 9.17) is 54.0 Å². The van der Waals surface area contributed by atoms with Crippen molar-refractivity contribution in [1.29, 1.82) is 0 Å². The number of aryl methyl sites for hydroxylation is 2. The molecule has 2 atom stereocenters. The molecule has 4 heterocycles. The maximum Gasteiger partial charge on any atom is 0.245 e. The molecule has 19 heteroatoms. The number of benzene rings is 2. The highest BCUT2D eigenvalue weighted by molar-refractivity contribution is 7.15. The van der Waals surface area contributed by atoms with Crippen LogP contribution in [0.15, 0.2) is 52.6 Å². The average molecular weight is 901 g/mol. The molecule has 320 valence electrons. The van der Waals surface area contributed by atoms with Crippen molar-refractivity contribution in [2.75, 3.05) is 64.3 Å². The van der Waals surface area contributed by atoms with Gasteiger partial charge in [-0.1, -0.05) is 53.9 Å². The summed E-state index contributed by atoms with van der Waals surface area (Å²) in [5.41, 5.74) is 4.61. The van der Waals surface area contributed by atoms with Crippen molar-refractivity contribution < 1.29 is 28.6 Å². The van der Waals surface area contributed by atoms with Crippen LogP contribution in [0, 0.1) is 26.7 Å². The lowest BCUT2D eigenvalue weighted by Crippen LogP contribution is -2.34. The van der Waals surface area contributed by atoms with Gasteiger partial charge in [-0.05, 0) is 63.1 Å². The Balaban J connectivity index is 0.814. The molecule has 0 radical (unpaired) electrons. The summed E-state index contributed by atoms with van der Waals surface area (Å²) in [4.78, 5) is 44.1. The fourth-order valence-electron chi connectivity index (χ4n) is 6.55. The van der Waals surface area contributed by atoms with Crippen molar-refractivity contribution in [3.05, 3.63) is 90.7 Å². The maximum absolute atomic E-state index is 13.2. The van der Waals surface area contributed by atoms with Gasteiger partial charge < -0.3 is 30.2 Å². The summed E-state index contributed by atoms with van der Waals surface area (Å²) in [6.45, 7) is 10.6. The number of hydrazone groups is 1. The number of aliphatic imine (C=N–C) groups is 1. The van der Waals surface area contributed by atoms with Crippen LogP contribution in [0.5, 0.6) is 0 Å². The van der Waals surface area contributed by atoms with Gasteiger partial charge >= 0.3 is 0 Å². The van der Waals surface area contributed by atoms with Gasteiger partial charge in [0.2, 0.25) is 17.7 Å². The summed E-state index contributed by atoms with van der Waals surface area (Å²) in [6, 6.07) is 12.3. The Hall–Kier alpha value is -4.42. The molecular weight excluding hydrogens is 853 g/mol. The molecule has 4 aromatic rings. The smallest absolute Gasteiger partial charge is 0.245 e. The number of carbonyl (C=O) groups is 3. The minimum atomic E-state index is -0.560. The molecule has 0 spiro atoms. The molecule has 0 aliphatic carbocycles. The summed E-state index contributed by atoms with van der Waals surface area (Å²) in [5, 5.41) is 26.2. The molecule has 60 heavy (non-hydrogen) atoms. The monoisotopic (exact) mass is 899 g/mol. The Morgan fingerprint density at radius 2 is 1.57 bits per heavy atom. The number of rotatable bonds is 19. The Kier molecular flexibility index (Phi) is 16.1. The molecule has 0 bridgehead atoms. The summed E-state index contributed by atoms with van der Waals surface area (Å²) in [7, 11) is 0.